The van der Waals surface area contributed by atoms with Crippen LogP contribution in [-0.4, -0.2) is 22.8 Å². The van der Waals surface area contributed by atoms with Crippen LogP contribution in [0.15, 0.2) is 19.6 Å². The maximum absolute atomic E-state index is 11.7. The van der Waals surface area contributed by atoms with Gasteiger partial charge in [0, 0.05) is 0 Å². The molecule has 0 aliphatic heterocycles. The molecule has 6 nitrogen and oxygen atoms in total. The summed E-state index contributed by atoms with van der Waals surface area (Å²) in [6.07, 6.45) is -1.02. The molecule has 1 heterocycles. The number of carbonyl (C=O) groups is 2. The third-order valence-electron chi connectivity index (χ3n) is 2.08. The largest absolute Gasteiger partial charge is 0.481 e. The minimum Gasteiger partial charge on any atom is -0.481 e. The minimum atomic E-state index is -1.06. The van der Waals surface area contributed by atoms with E-state index in [4.69, 9.17) is 14.3 Å². The van der Waals surface area contributed by atoms with Crippen molar-refractivity contribution >= 4 is 43.9 Å². The molecule has 1 atom stereocenters. The molecular formula is C12H15Br2NO5. The molecule has 0 spiro atoms. The number of amides is 1. The first-order valence-electron chi connectivity index (χ1n) is 5.74. The number of furan rings is 1. The molecule has 0 saturated heterocycles. The van der Waals surface area contributed by atoms with E-state index in [1.54, 1.807) is 26.8 Å². The molecule has 0 saturated carbocycles. The van der Waals surface area contributed by atoms with Crippen LogP contribution >= 0.6 is 31.9 Å². The first-order valence-corrected chi connectivity index (χ1v) is 7.33. The van der Waals surface area contributed by atoms with Crippen molar-refractivity contribution in [3.63, 3.8) is 0 Å². The maximum Gasteiger partial charge on any atom is 0.408 e. The van der Waals surface area contributed by atoms with Crippen molar-refractivity contribution in [2.45, 2.75) is 38.8 Å². The SMILES string of the molecule is CC(C)(C)OC(=O)N[C@@H](CC(=O)O)c1cc(Br)c(Br)o1. The van der Waals surface area contributed by atoms with E-state index < -0.39 is 23.7 Å². The molecule has 0 aliphatic carbocycles. The molecule has 112 valence electrons. The molecule has 1 amide bonds. The minimum absolute atomic E-state index is 0.314. The summed E-state index contributed by atoms with van der Waals surface area (Å²) in [5.41, 5.74) is -0.664. The predicted octanol–water partition coefficient (Wildman–Crippen LogP) is 3.85. The summed E-state index contributed by atoms with van der Waals surface area (Å²) >= 11 is 6.39. The quantitative estimate of drug-likeness (QED) is 0.783. The van der Waals surface area contributed by atoms with Gasteiger partial charge in [-0.05, 0) is 58.7 Å². The topological polar surface area (TPSA) is 88.8 Å². The zero-order valence-corrected chi connectivity index (χ0v) is 14.4. The molecule has 0 unspecified atom stereocenters. The second-order valence-corrected chi connectivity index (χ2v) is 6.64. The number of halogens is 2. The van der Waals surface area contributed by atoms with Crippen LogP contribution in [0, 0.1) is 0 Å². The van der Waals surface area contributed by atoms with E-state index in [2.05, 4.69) is 37.2 Å². The number of nitrogens with one attached hydrogen (secondary N) is 1. The van der Waals surface area contributed by atoms with E-state index in [-0.39, 0.29) is 6.42 Å². The van der Waals surface area contributed by atoms with Crippen LogP contribution in [0.4, 0.5) is 4.79 Å². The molecule has 0 radical (unpaired) electrons. The van der Waals surface area contributed by atoms with E-state index in [1.807, 2.05) is 0 Å². The number of rotatable bonds is 4. The predicted molar refractivity (Wildman–Crippen MR) is 78.5 cm³/mol. The molecule has 0 aromatic carbocycles. The number of hydrogen-bond acceptors (Lipinski definition) is 4. The van der Waals surface area contributed by atoms with Crippen molar-refractivity contribution in [3.8, 4) is 0 Å². The van der Waals surface area contributed by atoms with Gasteiger partial charge in [0.1, 0.15) is 17.4 Å². The van der Waals surface area contributed by atoms with Gasteiger partial charge >= 0.3 is 12.1 Å². The van der Waals surface area contributed by atoms with Crippen LogP contribution in [0.3, 0.4) is 0 Å². The summed E-state index contributed by atoms with van der Waals surface area (Å²) in [6.45, 7) is 5.16. The van der Waals surface area contributed by atoms with Crippen LogP contribution in [0.1, 0.15) is 39.0 Å². The second kappa shape index (κ2) is 6.62. The van der Waals surface area contributed by atoms with Gasteiger partial charge in [-0.15, -0.1) is 0 Å². The van der Waals surface area contributed by atoms with Crippen molar-refractivity contribution in [2.75, 3.05) is 0 Å². The molecule has 0 bridgehead atoms. The number of alkyl carbamates (subject to hydrolysis) is 1. The monoisotopic (exact) mass is 411 g/mol. The van der Waals surface area contributed by atoms with E-state index in [9.17, 15) is 9.59 Å². The fourth-order valence-corrected chi connectivity index (χ4v) is 1.99. The standard InChI is InChI=1S/C12H15Br2NO5/c1-12(2,3)20-11(18)15-7(5-9(16)17)8-4-6(13)10(14)19-8/h4,7H,5H2,1-3H3,(H,15,18)(H,16,17)/t7-/m0/s1. The zero-order chi connectivity index (χ0) is 15.5. The van der Waals surface area contributed by atoms with Gasteiger partial charge in [0.2, 0.25) is 0 Å². The molecule has 8 heteroatoms. The Hall–Kier alpha value is -1.02. The number of ether oxygens (including phenoxy) is 1. The summed E-state index contributed by atoms with van der Waals surface area (Å²) in [4.78, 5) is 22.6. The molecule has 2 N–H and O–H groups in total. The first-order chi connectivity index (χ1) is 9.08. The van der Waals surface area contributed by atoms with Gasteiger partial charge in [0.05, 0.1) is 10.9 Å². The van der Waals surface area contributed by atoms with E-state index in [1.165, 1.54) is 0 Å². The summed E-state index contributed by atoms with van der Waals surface area (Å²) in [6, 6.07) is 0.777. The Morgan fingerprint density at radius 1 is 1.45 bits per heavy atom. The van der Waals surface area contributed by atoms with Crippen molar-refractivity contribution in [3.05, 3.63) is 21.0 Å². The lowest BCUT2D eigenvalue weighted by Crippen LogP contribution is -2.35. The van der Waals surface area contributed by atoms with Crippen LogP contribution in [0.25, 0.3) is 0 Å². The number of aliphatic carboxylic acids is 1. The highest BCUT2D eigenvalue weighted by Crippen LogP contribution is 2.31. The van der Waals surface area contributed by atoms with E-state index >= 15 is 0 Å². The highest BCUT2D eigenvalue weighted by Gasteiger charge is 2.25. The van der Waals surface area contributed by atoms with Crippen LogP contribution in [0.2, 0.25) is 0 Å². The van der Waals surface area contributed by atoms with Gasteiger partial charge in [-0.3, -0.25) is 4.79 Å². The smallest absolute Gasteiger partial charge is 0.408 e. The van der Waals surface area contributed by atoms with Crippen molar-refractivity contribution in [1.82, 2.24) is 5.32 Å². The molecule has 20 heavy (non-hydrogen) atoms. The van der Waals surface area contributed by atoms with E-state index in [0.29, 0.717) is 14.9 Å². The normalized spacial score (nSPS) is 12.8. The zero-order valence-electron chi connectivity index (χ0n) is 11.2. The van der Waals surface area contributed by atoms with Crippen molar-refractivity contribution < 1.29 is 23.8 Å². The van der Waals surface area contributed by atoms with Gasteiger partial charge in [-0.2, -0.15) is 0 Å². The summed E-state index contributed by atoms with van der Waals surface area (Å²) < 4.78 is 11.5. The lowest BCUT2D eigenvalue weighted by atomic mass is 10.1. The summed E-state index contributed by atoms with van der Waals surface area (Å²) in [5.74, 6) is -0.744. The summed E-state index contributed by atoms with van der Waals surface area (Å²) in [7, 11) is 0. The Bertz CT molecular complexity index is 487. The molecule has 1 aromatic heterocycles. The average Bonchev–Trinajstić information content (AvgIpc) is 2.54. The Morgan fingerprint density at radius 2 is 2.05 bits per heavy atom. The van der Waals surface area contributed by atoms with Gasteiger partial charge in [-0.1, -0.05) is 0 Å². The second-order valence-electron chi connectivity index (χ2n) is 5.07. The Morgan fingerprint density at radius 3 is 2.45 bits per heavy atom. The van der Waals surface area contributed by atoms with Crippen LogP contribution in [0.5, 0.6) is 0 Å². The lowest BCUT2D eigenvalue weighted by molar-refractivity contribution is -0.137. The van der Waals surface area contributed by atoms with Crippen LogP contribution in [-0.2, 0) is 9.53 Å². The lowest BCUT2D eigenvalue weighted by Gasteiger charge is -2.22. The maximum atomic E-state index is 11.7. The molecule has 1 rings (SSSR count). The van der Waals surface area contributed by atoms with Gasteiger partial charge in [-0.25, -0.2) is 4.79 Å². The number of hydrogen-bond donors (Lipinski definition) is 2. The van der Waals surface area contributed by atoms with Crippen molar-refractivity contribution in [2.24, 2.45) is 0 Å². The number of carboxylic acid groups (broad SMARTS) is 1. The fourth-order valence-electron chi connectivity index (χ4n) is 1.38. The fraction of sp³-hybridized carbons (Fsp3) is 0.500. The third-order valence-corrected chi connectivity index (χ3v) is 3.79. The van der Waals surface area contributed by atoms with Gasteiger partial charge in [0.25, 0.3) is 0 Å². The third kappa shape index (κ3) is 5.54. The highest BCUT2D eigenvalue weighted by atomic mass is 79.9. The Balaban J connectivity index is 2.85. The Labute approximate surface area is 133 Å². The highest BCUT2D eigenvalue weighted by molar-refractivity contribution is 9.13. The number of carbonyl (C=O) groups excluding carboxylic acids is 1. The molecule has 0 aliphatic rings. The molecule has 0 fully saturated rings. The van der Waals surface area contributed by atoms with Gasteiger partial charge < -0.3 is 19.6 Å². The van der Waals surface area contributed by atoms with Crippen LogP contribution < -0.4 is 5.32 Å². The molecule has 1 aromatic rings. The first kappa shape index (κ1) is 17.0. The van der Waals surface area contributed by atoms with Gasteiger partial charge in [0.15, 0.2) is 4.67 Å². The number of carboxylic acids is 1. The summed E-state index contributed by atoms with van der Waals surface area (Å²) in [5, 5.41) is 11.4. The van der Waals surface area contributed by atoms with E-state index in [0.717, 1.165) is 0 Å². The average molecular weight is 413 g/mol. The molecular weight excluding hydrogens is 398 g/mol. The van der Waals surface area contributed by atoms with Crippen molar-refractivity contribution in [1.29, 1.82) is 0 Å². The Kier molecular flexibility index (Phi) is 5.64.